The molecule has 3 aromatic rings. The van der Waals surface area contributed by atoms with Crippen LogP contribution in [0.3, 0.4) is 0 Å². The third-order valence-electron chi connectivity index (χ3n) is 3.27. The molecule has 122 valence electrons. The molecule has 0 spiro atoms. The quantitative estimate of drug-likeness (QED) is 0.662. The van der Waals surface area contributed by atoms with Gasteiger partial charge in [-0.1, -0.05) is 18.2 Å². The minimum absolute atomic E-state index is 0.0494. The van der Waals surface area contributed by atoms with Gasteiger partial charge in [0.25, 0.3) is 0 Å². The molecule has 3 rings (SSSR count). The third kappa shape index (κ3) is 3.44. The van der Waals surface area contributed by atoms with E-state index in [1.165, 1.54) is 11.3 Å². The number of benzene rings is 1. The van der Waals surface area contributed by atoms with Gasteiger partial charge in [-0.3, -0.25) is 10.1 Å². The lowest BCUT2D eigenvalue weighted by molar-refractivity contribution is -0.136. The third-order valence-corrected chi connectivity index (χ3v) is 4.16. The Morgan fingerprint density at radius 1 is 1.25 bits per heavy atom. The van der Waals surface area contributed by atoms with Gasteiger partial charge in [0, 0.05) is 6.07 Å². The first-order valence-electron chi connectivity index (χ1n) is 7.04. The van der Waals surface area contributed by atoms with Crippen molar-refractivity contribution in [3.8, 4) is 16.3 Å². The summed E-state index contributed by atoms with van der Waals surface area (Å²) in [5.74, 6) is -0.449. The zero-order chi connectivity index (χ0) is 17.1. The summed E-state index contributed by atoms with van der Waals surface area (Å²) in [6.07, 6.45) is -0.0494. The van der Waals surface area contributed by atoms with Gasteiger partial charge in [-0.15, -0.1) is 11.3 Å². The van der Waals surface area contributed by atoms with Crippen LogP contribution in [0.15, 0.2) is 47.8 Å². The smallest absolute Gasteiger partial charge is 0.317 e. The summed E-state index contributed by atoms with van der Waals surface area (Å²) < 4.78 is 1.56. The fourth-order valence-corrected chi connectivity index (χ4v) is 2.95. The van der Waals surface area contributed by atoms with Crippen LogP contribution in [0.25, 0.3) is 16.3 Å². The molecule has 0 unspecified atom stereocenters. The Labute approximate surface area is 141 Å². The van der Waals surface area contributed by atoms with Gasteiger partial charge in [-0.2, -0.15) is 5.10 Å². The van der Waals surface area contributed by atoms with Crippen molar-refractivity contribution in [3.05, 3.63) is 53.4 Å². The Morgan fingerprint density at radius 3 is 2.58 bits per heavy atom. The lowest BCUT2D eigenvalue weighted by Crippen LogP contribution is -2.21. The normalized spacial score (nSPS) is 10.5. The second kappa shape index (κ2) is 6.55. The van der Waals surface area contributed by atoms with Gasteiger partial charge < -0.3 is 10.8 Å². The fourth-order valence-electron chi connectivity index (χ4n) is 2.27. The number of carbonyl (C=O) groups is 2. The molecule has 0 aliphatic rings. The van der Waals surface area contributed by atoms with Crippen molar-refractivity contribution in [1.82, 2.24) is 9.78 Å². The molecule has 0 bridgehead atoms. The topological polar surface area (TPSA) is 110 Å². The van der Waals surface area contributed by atoms with Gasteiger partial charge in [-0.05, 0) is 29.1 Å². The van der Waals surface area contributed by atoms with Gasteiger partial charge in [0.15, 0.2) is 0 Å². The number of nitrogens with one attached hydrogen (secondary N) is 1. The minimum Gasteiger partial charge on any atom is -0.481 e. The van der Waals surface area contributed by atoms with E-state index in [0.717, 1.165) is 4.88 Å². The number of carboxylic acid groups (broad SMARTS) is 1. The number of amides is 2. The van der Waals surface area contributed by atoms with E-state index in [9.17, 15) is 9.59 Å². The van der Waals surface area contributed by atoms with Crippen LogP contribution in [-0.2, 0) is 11.2 Å². The molecule has 0 aliphatic carbocycles. The Balaban J connectivity index is 1.98. The number of aromatic nitrogens is 2. The van der Waals surface area contributed by atoms with Gasteiger partial charge >= 0.3 is 12.0 Å². The fraction of sp³-hybridized carbons (Fsp3) is 0.0625. The van der Waals surface area contributed by atoms with Crippen LogP contribution < -0.4 is 11.1 Å². The number of anilines is 1. The molecular weight excluding hydrogens is 328 g/mol. The predicted octanol–water partition coefficient (Wildman–Crippen LogP) is 2.72. The molecule has 2 aromatic heterocycles. The molecule has 7 nitrogen and oxygen atoms in total. The number of hydrogen-bond acceptors (Lipinski definition) is 4. The highest BCUT2D eigenvalue weighted by Crippen LogP contribution is 2.28. The first-order chi connectivity index (χ1) is 11.5. The van der Waals surface area contributed by atoms with Crippen molar-refractivity contribution in [2.75, 3.05) is 5.32 Å². The largest absolute Gasteiger partial charge is 0.481 e. The van der Waals surface area contributed by atoms with E-state index in [4.69, 9.17) is 10.8 Å². The second-order valence-corrected chi connectivity index (χ2v) is 5.98. The molecule has 8 heteroatoms. The van der Waals surface area contributed by atoms with E-state index >= 15 is 0 Å². The number of primary amides is 1. The molecule has 0 saturated heterocycles. The monoisotopic (exact) mass is 342 g/mol. The van der Waals surface area contributed by atoms with Crippen molar-refractivity contribution in [2.24, 2.45) is 5.73 Å². The molecule has 0 radical (unpaired) electrons. The summed E-state index contributed by atoms with van der Waals surface area (Å²) in [7, 11) is 0. The number of nitrogens with two attached hydrogens (primary N) is 1. The van der Waals surface area contributed by atoms with Gasteiger partial charge in [0.2, 0.25) is 0 Å². The average molecular weight is 342 g/mol. The Bertz CT molecular complexity index is 869. The number of carbonyl (C=O) groups excluding carboxylic acids is 1. The summed E-state index contributed by atoms with van der Waals surface area (Å²) in [6.45, 7) is 0. The van der Waals surface area contributed by atoms with Crippen LogP contribution in [0.2, 0.25) is 0 Å². The molecule has 2 amide bonds. The molecule has 0 aliphatic heterocycles. The predicted molar refractivity (Wildman–Crippen MR) is 91.4 cm³/mol. The molecule has 4 N–H and O–H groups in total. The lowest BCUT2D eigenvalue weighted by atomic mass is 10.1. The zero-order valence-corrected chi connectivity index (χ0v) is 13.3. The number of aliphatic carboxylic acids is 1. The maximum atomic E-state index is 11.2. The number of rotatable bonds is 5. The van der Waals surface area contributed by atoms with E-state index in [1.807, 2.05) is 17.5 Å². The molecule has 0 atom stereocenters. The van der Waals surface area contributed by atoms with Crippen LogP contribution >= 0.6 is 11.3 Å². The highest BCUT2D eigenvalue weighted by molar-refractivity contribution is 7.13. The van der Waals surface area contributed by atoms with Crippen molar-refractivity contribution >= 4 is 29.2 Å². The van der Waals surface area contributed by atoms with Gasteiger partial charge in [0.05, 0.1) is 17.0 Å². The number of hydrogen-bond donors (Lipinski definition) is 3. The first kappa shape index (κ1) is 15.8. The Kier molecular flexibility index (Phi) is 4.30. The second-order valence-electron chi connectivity index (χ2n) is 5.03. The van der Waals surface area contributed by atoms with Gasteiger partial charge in [0.1, 0.15) is 11.5 Å². The van der Waals surface area contributed by atoms with Crippen molar-refractivity contribution in [1.29, 1.82) is 0 Å². The lowest BCUT2D eigenvalue weighted by Gasteiger charge is -2.07. The van der Waals surface area contributed by atoms with Crippen molar-refractivity contribution < 1.29 is 14.7 Å². The van der Waals surface area contributed by atoms with E-state index < -0.39 is 12.0 Å². The van der Waals surface area contributed by atoms with E-state index in [-0.39, 0.29) is 6.42 Å². The molecule has 2 heterocycles. The highest BCUT2D eigenvalue weighted by atomic mass is 32.1. The molecule has 0 fully saturated rings. The number of nitrogens with zero attached hydrogens (tertiary/aromatic N) is 2. The minimum atomic E-state index is -0.891. The van der Waals surface area contributed by atoms with Crippen molar-refractivity contribution in [2.45, 2.75) is 6.42 Å². The maximum absolute atomic E-state index is 11.2. The summed E-state index contributed by atoms with van der Waals surface area (Å²) in [5, 5.41) is 17.8. The van der Waals surface area contributed by atoms with Crippen LogP contribution in [0.5, 0.6) is 0 Å². The number of carboxylic acids is 1. The number of thiophene rings is 1. The van der Waals surface area contributed by atoms with Crippen LogP contribution in [-0.4, -0.2) is 26.9 Å². The SMILES string of the molecule is NC(=O)Nc1cc(-c2cccs2)nn1-c1ccc(CC(=O)O)cc1. The molecule has 24 heavy (non-hydrogen) atoms. The summed E-state index contributed by atoms with van der Waals surface area (Å²) in [5.41, 5.74) is 7.31. The van der Waals surface area contributed by atoms with Crippen LogP contribution in [0, 0.1) is 0 Å². The number of urea groups is 1. The summed E-state index contributed by atoms with van der Waals surface area (Å²) in [4.78, 5) is 22.9. The van der Waals surface area contributed by atoms with E-state index in [0.29, 0.717) is 22.8 Å². The summed E-state index contributed by atoms with van der Waals surface area (Å²) in [6, 6.07) is 11.8. The first-order valence-corrected chi connectivity index (χ1v) is 7.92. The molecule has 1 aromatic carbocycles. The summed E-state index contributed by atoms with van der Waals surface area (Å²) >= 11 is 1.54. The van der Waals surface area contributed by atoms with Gasteiger partial charge in [-0.25, -0.2) is 9.48 Å². The Hall–Kier alpha value is -3.13. The van der Waals surface area contributed by atoms with Crippen LogP contribution in [0.4, 0.5) is 10.6 Å². The molecule has 0 saturated carbocycles. The van der Waals surface area contributed by atoms with Crippen molar-refractivity contribution in [3.63, 3.8) is 0 Å². The van der Waals surface area contributed by atoms with E-state index in [2.05, 4.69) is 10.4 Å². The highest BCUT2D eigenvalue weighted by Gasteiger charge is 2.13. The maximum Gasteiger partial charge on any atom is 0.317 e. The standard InChI is InChI=1S/C16H14N4O3S/c17-16(23)18-14-9-12(13-2-1-7-24-13)19-20(14)11-5-3-10(4-6-11)8-15(21)22/h1-7,9H,8H2,(H,21,22)(H3,17,18,23). The zero-order valence-electron chi connectivity index (χ0n) is 12.5. The average Bonchev–Trinajstić information content (AvgIpc) is 3.16. The van der Waals surface area contributed by atoms with Crippen LogP contribution in [0.1, 0.15) is 5.56 Å². The Morgan fingerprint density at radius 2 is 2.00 bits per heavy atom. The van der Waals surface area contributed by atoms with E-state index in [1.54, 1.807) is 35.0 Å². The molecular formula is C16H14N4O3S.